The number of nitrogens with zero attached hydrogens (tertiary/aromatic N) is 1. The maximum Gasteiger partial charge on any atom is 0.416 e. The number of aromatic amines is 1. The Bertz CT molecular complexity index is 1090. The fourth-order valence-corrected chi connectivity index (χ4v) is 2.86. The van der Waals surface area contributed by atoms with Gasteiger partial charge >= 0.3 is 12.1 Å². The predicted molar refractivity (Wildman–Crippen MR) is 90.9 cm³/mol. The van der Waals surface area contributed by atoms with E-state index in [9.17, 15) is 22.8 Å². The van der Waals surface area contributed by atoms with Crippen LogP contribution < -0.4 is 5.56 Å². The first-order valence-electron chi connectivity index (χ1n) is 7.82. The number of carbonyl (C=O) groups excluding carboxylic acids is 1. The number of hydrogen-bond donors (Lipinski definition) is 1. The van der Waals surface area contributed by atoms with E-state index in [0.717, 1.165) is 12.1 Å². The van der Waals surface area contributed by atoms with Gasteiger partial charge in [-0.3, -0.25) is 4.79 Å². The van der Waals surface area contributed by atoms with E-state index >= 15 is 0 Å². The molecule has 0 atom stereocenters. The maximum absolute atomic E-state index is 12.9. The number of fused-ring (bicyclic) bond motifs is 3. The highest BCUT2D eigenvalue weighted by Gasteiger charge is 2.30. The Morgan fingerprint density at radius 3 is 2.69 bits per heavy atom. The first kappa shape index (κ1) is 17.8. The van der Waals surface area contributed by atoms with Crippen molar-refractivity contribution in [2.75, 3.05) is 6.61 Å². The summed E-state index contributed by atoms with van der Waals surface area (Å²) in [5.41, 5.74) is 0.513. The third kappa shape index (κ3) is 3.10. The van der Waals surface area contributed by atoms with Crippen LogP contribution in [0.3, 0.4) is 0 Å². The second-order valence-electron chi connectivity index (χ2n) is 5.71. The van der Waals surface area contributed by atoms with Crippen molar-refractivity contribution in [1.82, 2.24) is 9.38 Å². The van der Waals surface area contributed by atoms with Gasteiger partial charge < -0.3 is 14.1 Å². The minimum Gasteiger partial charge on any atom is -0.463 e. The van der Waals surface area contributed by atoms with Crippen LogP contribution in [-0.4, -0.2) is 22.0 Å². The normalized spacial score (nSPS) is 12.3. The third-order valence-electron chi connectivity index (χ3n) is 3.92. The van der Waals surface area contributed by atoms with Crippen LogP contribution in [0.4, 0.5) is 13.2 Å². The van der Waals surface area contributed by atoms with E-state index in [2.05, 4.69) is 4.98 Å². The Hall–Kier alpha value is -3.03. The number of alkyl halides is 3. The lowest BCUT2D eigenvalue weighted by Crippen LogP contribution is -2.13. The second kappa shape index (κ2) is 6.36. The molecule has 0 aliphatic heterocycles. The van der Waals surface area contributed by atoms with Crippen LogP contribution in [0, 0.1) is 6.92 Å². The van der Waals surface area contributed by atoms with E-state index < -0.39 is 23.3 Å². The highest BCUT2D eigenvalue weighted by atomic mass is 19.4. The average molecular weight is 364 g/mol. The summed E-state index contributed by atoms with van der Waals surface area (Å²) in [5.74, 6) is -0.548. The van der Waals surface area contributed by atoms with E-state index in [0.29, 0.717) is 22.3 Å². The van der Waals surface area contributed by atoms with Gasteiger partial charge in [-0.2, -0.15) is 13.2 Å². The predicted octanol–water partition coefficient (Wildman–Crippen LogP) is 3.68. The van der Waals surface area contributed by atoms with Gasteiger partial charge in [0.2, 0.25) is 0 Å². The van der Waals surface area contributed by atoms with E-state index in [1.54, 1.807) is 19.9 Å². The molecule has 5 nitrogen and oxygen atoms in total. The molecule has 0 aliphatic carbocycles. The minimum atomic E-state index is -4.51. The van der Waals surface area contributed by atoms with Gasteiger partial charge in [-0.25, -0.2) is 4.79 Å². The second-order valence-corrected chi connectivity index (χ2v) is 5.71. The number of rotatable bonds is 3. The van der Waals surface area contributed by atoms with Crippen molar-refractivity contribution in [2.24, 2.45) is 0 Å². The molecule has 26 heavy (non-hydrogen) atoms. The van der Waals surface area contributed by atoms with Gasteiger partial charge in [0, 0.05) is 11.8 Å². The molecule has 1 N–H and O–H groups in total. The molecule has 0 saturated heterocycles. The summed E-state index contributed by atoms with van der Waals surface area (Å²) in [6.45, 7) is 3.61. The Labute approximate surface area is 145 Å². The van der Waals surface area contributed by atoms with Crippen molar-refractivity contribution in [1.29, 1.82) is 0 Å². The molecule has 1 aromatic carbocycles. The Morgan fingerprint density at radius 1 is 1.31 bits per heavy atom. The Morgan fingerprint density at radius 2 is 2.04 bits per heavy atom. The zero-order chi connectivity index (χ0) is 19.1. The van der Waals surface area contributed by atoms with Crippen molar-refractivity contribution in [2.45, 2.75) is 20.0 Å². The molecule has 0 amide bonds. The number of hydrogen-bond acceptors (Lipinski definition) is 3. The van der Waals surface area contributed by atoms with Gasteiger partial charge in [-0.05, 0) is 49.8 Å². The number of aryl methyl sites for hydroxylation is 1. The van der Waals surface area contributed by atoms with Crippen molar-refractivity contribution in [3.05, 3.63) is 57.5 Å². The maximum atomic E-state index is 12.9. The van der Waals surface area contributed by atoms with Crippen LogP contribution in [0.1, 0.15) is 23.7 Å². The summed E-state index contributed by atoms with van der Waals surface area (Å²) in [6, 6.07) is 4.82. The van der Waals surface area contributed by atoms with Crippen molar-refractivity contribution in [3.63, 3.8) is 0 Å². The topological polar surface area (TPSA) is 63.6 Å². The summed E-state index contributed by atoms with van der Waals surface area (Å²) in [7, 11) is 0. The van der Waals surface area contributed by atoms with Gasteiger partial charge in [0.15, 0.2) is 0 Å². The molecule has 0 saturated carbocycles. The fourth-order valence-electron chi connectivity index (χ4n) is 2.86. The molecule has 2 aromatic heterocycles. The molecule has 3 rings (SSSR count). The summed E-state index contributed by atoms with van der Waals surface area (Å²) < 4.78 is 45.1. The van der Waals surface area contributed by atoms with Gasteiger partial charge in [0.1, 0.15) is 5.52 Å². The van der Waals surface area contributed by atoms with Crippen LogP contribution in [-0.2, 0) is 15.7 Å². The number of ether oxygens (including phenoxy) is 1. The Kier molecular flexibility index (Phi) is 4.35. The zero-order valence-corrected chi connectivity index (χ0v) is 14.0. The van der Waals surface area contributed by atoms with Gasteiger partial charge in [0.05, 0.1) is 23.2 Å². The fraction of sp³-hybridized carbons (Fsp3) is 0.222. The molecule has 0 spiro atoms. The van der Waals surface area contributed by atoms with Crippen LogP contribution >= 0.6 is 0 Å². The summed E-state index contributed by atoms with van der Waals surface area (Å²) in [5, 5.41) is 0. The molecule has 8 heteroatoms. The molecule has 2 heterocycles. The van der Waals surface area contributed by atoms with Crippen LogP contribution in [0.25, 0.3) is 22.6 Å². The van der Waals surface area contributed by atoms with E-state index in [1.165, 1.54) is 22.6 Å². The molecule has 0 aliphatic rings. The van der Waals surface area contributed by atoms with E-state index in [4.69, 9.17) is 4.74 Å². The molecule has 136 valence electrons. The van der Waals surface area contributed by atoms with Crippen LogP contribution in [0.5, 0.6) is 0 Å². The first-order chi connectivity index (χ1) is 12.2. The smallest absolute Gasteiger partial charge is 0.416 e. The van der Waals surface area contributed by atoms with Gasteiger partial charge in [-0.15, -0.1) is 0 Å². The average Bonchev–Trinajstić information content (AvgIpc) is 2.89. The molecule has 3 aromatic rings. The number of benzene rings is 1. The number of nitrogens with one attached hydrogen (secondary N) is 1. The third-order valence-corrected chi connectivity index (χ3v) is 3.92. The van der Waals surface area contributed by atoms with Crippen LogP contribution in [0.2, 0.25) is 0 Å². The SMILES string of the molecule is CCOC(=O)/C=C/c1cc(C)c2c(=O)[nH]c3cc(C(F)(F)F)ccc3n12. The molecule has 0 radical (unpaired) electrons. The lowest BCUT2D eigenvalue weighted by Gasteiger charge is -2.10. The largest absolute Gasteiger partial charge is 0.463 e. The summed E-state index contributed by atoms with van der Waals surface area (Å²) in [6.07, 6.45) is -1.84. The Balaban J connectivity index is 2.27. The van der Waals surface area contributed by atoms with Gasteiger partial charge in [-0.1, -0.05) is 0 Å². The molecular weight excluding hydrogens is 349 g/mol. The summed E-state index contributed by atoms with van der Waals surface area (Å²) >= 11 is 0. The van der Waals surface area contributed by atoms with Crippen molar-refractivity contribution < 1.29 is 22.7 Å². The van der Waals surface area contributed by atoms with E-state index in [-0.39, 0.29) is 12.1 Å². The number of H-pyrrole nitrogens is 1. The highest BCUT2D eigenvalue weighted by Crippen LogP contribution is 2.31. The first-order valence-corrected chi connectivity index (χ1v) is 7.82. The lowest BCUT2D eigenvalue weighted by molar-refractivity contribution is -0.138. The standard InChI is InChI=1S/C18H15F3N2O3/c1-3-26-15(24)7-5-12-8-10(2)16-17(25)22-13-9-11(18(19,20)21)4-6-14(13)23(12)16/h4-9H,3H2,1-2H3,(H,22,25)/b7-5+. The quantitative estimate of drug-likeness (QED) is 0.570. The van der Waals surface area contributed by atoms with Crippen LogP contribution in [0.15, 0.2) is 35.1 Å². The minimum absolute atomic E-state index is 0.0544. The number of halogens is 3. The van der Waals surface area contributed by atoms with Gasteiger partial charge in [0.25, 0.3) is 5.56 Å². The summed E-state index contributed by atoms with van der Waals surface area (Å²) in [4.78, 5) is 26.4. The molecular formula is C18H15F3N2O3. The molecule has 0 unspecified atom stereocenters. The van der Waals surface area contributed by atoms with Crippen molar-refractivity contribution >= 4 is 28.6 Å². The molecule has 0 bridgehead atoms. The highest BCUT2D eigenvalue weighted by molar-refractivity contribution is 5.88. The monoisotopic (exact) mass is 364 g/mol. The van der Waals surface area contributed by atoms with E-state index in [1.807, 2.05) is 0 Å². The zero-order valence-electron chi connectivity index (χ0n) is 14.0. The lowest BCUT2D eigenvalue weighted by atomic mass is 10.2. The number of carbonyl (C=O) groups is 1. The van der Waals surface area contributed by atoms with Crippen molar-refractivity contribution in [3.8, 4) is 0 Å². The number of aromatic nitrogens is 2. The molecule has 0 fully saturated rings. The number of esters is 1.